The Morgan fingerprint density at radius 1 is 0.848 bits per heavy atom. The summed E-state index contributed by atoms with van der Waals surface area (Å²) in [6, 6.07) is 17.8. The van der Waals surface area contributed by atoms with Crippen LogP contribution in [0.3, 0.4) is 0 Å². The fraction of sp³-hybridized carbons (Fsp3) is 0.120. The van der Waals surface area contributed by atoms with Crippen LogP contribution in [0.2, 0.25) is 0 Å². The molecule has 0 aliphatic carbocycles. The lowest BCUT2D eigenvalue weighted by Gasteiger charge is -2.14. The molecule has 166 valence electrons. The van der Waals surface area contributed by atoms with E-state index in [0.717, 1.165) is 4.90 Å². The molecule has 8 heteroatoms. The molecule has 0 atom stereocenters. The van der Waals surface area contributed by atoms with Crippen LogP contribution >= 0.6 is 0 Å². The van der Waals surface area contributed by atoms with Gasteiger partial charge in [0.15, 0.2) is 0 Å². The Morgan fingerprint density at radius 2 is 1.52 bits per heavy atom. The first kappa shape index (κ1) is 21.8. The summed E-state index contributed by atoms with van der Waals surface area (Å²) < 4.78 is 5.40. The van der Waals surface area contributed by atoms with E-state index in [-0.39, 0.29) is 22.6 Å². The largest absolute Gasteiger partial charge is 0.494 e. The Hall–Kier alpha value is -4.46. The summed E-state index contributed by atoms with van der Waals surface area (Å²) in [5.41, 5.74) is 2.07. The fourth-order valence-electron chi connectivity index (χ4n) is 3.56. The molecule has 0 radical (unpaired) electrons. The summed E-state index contributed by atoms with van der Waals surface area (Å²) in [5.74, 6) is -0.982. The highest BCUT2D eigenvalue weighted by atomic mass is 16.5. The molecule has 0 saturated heterocycles. The lowest BCUT2D eigenvalue weighted by atomic mass is 10.1. The van der Waals surface area contributed by atoms with Crippen molar-refractivity contribution in [3.63, 3.8) is 0 Å². The van der Waals surface area contributed by atoms with Gasteiger partial charge in [-0.2, -0.15) is 0 Å². The summed E-state index contributed by atoms with van der Waals surface area (Å²) in [6.07, 6.45) is 0. The van der Waals surface area contributed by atoms with Crippen molar-refractivity contribution in [2.45, 2.75) is 13.8 Å². The van der Waals surface area contributed by atoms with Crippen molar-refractivity contribution >= 4 is 40.7 Å². The van der Waals surface area contributed by atoms with Gasteiger partial charge in [-0.1, -0.05) is 6.07 Å². The number of hydrogen-bond donors (Lipinski definition) is 2. The molecule has 8 nitrogen and oxygen atoms in total. The Labute approximate surface area is 190 Å². The topological polar surface area (TPSA) is 105 Å². The van der Waals surface area contributed by atoms with Crippen LogP contribution in [-0.4, -0.2) is 30.2 Å². The SMILES string of the molecule is CCOc1ccc(N2C(=O)c3ccc(C(=O)Nc4cccc(NC(C)=O)c4)cc3C2=O)cc1. The number of benzene rings is 3. The first-order valence-electron chi connectivity index (χ1n) is 10.3. The summed E-state index contributed by atoms with van der Waals surface area (Å²) in [5, 5.41) is 5.38. The molecule has 2 N–H and O–H groups in total. The van der Waals surface area contributed by atoms with E-state index >= 15 is 0 Å². The second kappa shape index (κ2) is 8.96. The minimum atomic E-state index is -0.499. The van der Waals surface area contributed by atoms with Crippen LogP contribution in [0.15, 0.2) is 66.7 Å². The van der Waals surface area contributed by atoms with E-state index in [4.69, 9.17) is 4.74 Å². The van der Waals surface area contributed by atoms with Gasteiger partial charge in [0.2, 0.25) is 5.91 Å². The molecule has 0 unspecified atom stereocenters. The van der Waals surface area contributed by atoms with Gasteiger partial charge in [0.05, 0.1) is 23.4 Å². The Kier molecular flexibility index (Phi) is 5.91. The number of fused-ring (bicyclic) bond motifs is 1. The second-order valence-electron chi connectivity index (χ2n) is 7.35. The third-order valence-electron chi connectivity index (χ3n) is 5.00. The molecular formula is C25H21N3O5. The van der Waals surface area contributed by atoms with E-state index in [1.165, 1.54) is 25.1 Å². The Balaban J connectivity index is 1.55. The fourth-order valence-corrected chi connectivity index (χ4v) is 3.56. The van der Waals surface area contributed by atoms with Gasteiger partial charge in [0, 0.05) is 23.9 Å². The molecule has 3 aromatic rings. The van der Waals surface area contributed by atoms with Crippen LogP contribution in [0.1, 0.15) is 44.9 Å². The van der Waals surface area contributed by atoms with E-state index in [2.05, 4.69) is 10.6 Å². The van der Waals surface area contributed by atoms with Crippen LogP contribution < -0.4 is 20.3 Å². The van der Waals surface area contributed by atoms with Crippen LogP contribution in [0, 0.1) is 0 Å². The molecule has 1 aliphatic heterocycles. The maximum absolute atomic E-state index is 13.0. The zero-order valence-corrected chi connectivity index (χ0v) is 18.0. The molecular weight excluding hydrogens is 422 g/mol. The highest BCUT2D eigenvalue weighted by Crippen LogP contribution is 2.30. The summed E-state index contributed by atoms with van der Waals surface area (Å²) in [7, 11) is 0. The smallest absolute Gasteiger partial charge is 0.266 e. The maximum atomic E-state index is 13.0. The Morgan fingerprint density at radius 3 is 2.18 bits per heavy atom. The van der Waals surface area contributed by atoms with Gasteiger partial charge in [-0.15, -0.1) is 0 Å². The predicted octanol–water partition coefficient (Wildman–Crippen LogP) is 4.10. The van der Waals surface area contributed by atoms with E-state index in [9.17, 15) is 19.2 Å². The van der Waals surface area contributed by atoms with Crippen molar-refractivity contribution in [3.05, 3.63) is 83.4 Å². The number of amides is 4. The average molecular weight is 443 g/mol. The molecule has 0 spiro atoms. The van der Waals surface area contributed by atoms with Gasteiger partial charge in [0.1, 0.15) is 5.75 Å². The summed E-state index contributed by atoms with van der Waals surface area (Å²) in [4.78, 5) is 50.9. The van der Waals surface area contributed by atoms with E-state index in [1.54, 1.807) is 48.5 Å². The molecule has 0 bridgehead atoms. The van der Waals surface area contributed by atoms with Crippen LogP contribution in [-0.2, 0) is 4.79 Å². The van der Waals surface area contributed by atoms with E-state index in [1.807, 2.05) is 6.92 Å². The normalized spacial score (nSPS) is 12.4. The molecule has 4 amide bonds. The molecule has 3 aromatic carbocycles. The predicted molar refractivity (Wildman–Crippen MR) is 124 cm³/mol. The van der Waals surface area contributed by atoms with Crippen LogP contribution in [0.25, 0.3) is 0 Å². The van der Waals surface area contributed by atoms with Crippen molar-refractivity contribution in [1.29, 1.82) is 0 Å². The van der Waals surface area contributed by atoms with E-state index < -0.39 is 17.7 Å². The maximum Gasteiger partial charge on any atom is 0.266 e. The number of nitrogens with one attached hydrogen (secondary N) is 2. The van der Waals surface area contributed by atoms with Crippen molar-refractivity contribution in [3.8, 4) is 5.75 Å². The number of ether oxygens (including phenoxy) is 1. The molecule has 0 fully saturated rings. The summed E-state index contributed by atoms with van der Waals surface area (Å²) in [6.45, 7) is 3.77. The third-order valence-corrected chi connectivity index (χ3v) is 5.00. The zero-order chi connectivity index (χ0) is 23.5. The van der Waals surface area contributed by atoms with Crippen molar-refractivity contribution in [2.24, 2.45) is 0 Å². The van der Waals surface area contributed by atoms with Gasteiger partial charge in [-0.25, -0.2) is 4.90 Å². The highest BCUT2D eigenvalue weighted by molar-refractivity contribution is 6.34. The molecule has 1 aliphatic rings. The third kappa shape index (κ3) is 4.45. The van der Waals surface area contributed by atoms with E-state index in [0.29, 0.717) is 29.4 Å². The number of carbonyl (C=O) groups is 4. The van der Waals surface area contributed by atoms with Crippen molar-refractivity contribution in [2.75, 3.05) is 22.1 Å². The minimum Gasteiger partial charge on any atom is -0.494 e. The second-order valence-corrected chi connectivity index (χ2v) is 7.35. The average Bonchev–Trinajstić information content (AvgIpc) is 3.04. The number of hydrogen-bond acceptors (Lipinski definition) is 5. The molecule has 0 aromatic heterocycles. The zero-order valence-electron chi connectivity index (χ0n) is 18.0. The van der Waals surface area contributed by atoms with Crippen LogP contribution in [0.5, 0.6) is 5.75 Å². The Bertz CT molecular complexity index is 1270. The van der Waals surface area contributed by atoms with Crippen LogP contribution in [0.4, 0.5) is 17.1 Å². The van der Waals surface area contributed by atoms with Gasteiger partial charge < -0.3 is 15.4 Å². The van der Waals surface area contributed by atoms with Crippen molar-refractivity contribution < 1.29 is 23.9 Å². The van der Waals surface area contributed by atoms with Gasteiger partial charge in [-0.05, 0) is 67.6 Å². The van der Waals surface area contributed by atoms with Crippen molar-refractivity contribution in [1.82, 2.24) is 0 Å². The lowest BCUT2D eigenvalue weighted by molar-refractivity contribution is -0.114. The van der Waals surface area contributed by atoms with Gasteiger partial charge in [0.25, 0.3) is 17.7 Å². The van der Waals surface area contributed by atoms with Gasteiger partial charge in [-0.3, -0.25) is 19.2 Å². The number of carbonyl (C=O) groups excluding carboxylic acids is 4. The lowest BCUT2D eigenvalue weighted by Crippen LogP contribution is -2.29. The monoisotopic (exact) mass is 443 g/mol. The first-order chi connectivity index (χ1) is 15.9. The molecule has 4 rings (SSSR count). The number of anilines is 3. The molecule has 33 heavy (non-hydrogen) atoms. The number of nitrogens with zero attached hydrogens (tertiary/aromatic N) is 1. The summed E-state index contributed by atoms with van der Waals surface area (Å²) >= 11 is 0. The number of imide groups is 1. The molecule has 1 heterocycles. The highest BCUT2D eigenvalue weighted by Gasteiger charge is 2.37. The van der Waals surface area contributed by atoms with Gasteiger partial charge >= 0.3 is 0 Å². The number of rotatable bonds is 6. The first-order valence-corrected chi connectivity index (χ1v) is 10.3. The standard InChI is InChI=1S/C25H21N3O5/c1-3-33-20-10-8-19(9-11-20)28-24(31)21-12-7-16(13-22(21)25(28)32)23(30)27-18-6-4-5-17(14-18)26-15(2)29/h4-14H,3H2,1-2H3,(H,26,29)(H,27,30). The minimum absolute atomic E-state index is 0.161. The quantitative estimate of drug-likeness (QED) is 0.558. The molecule has 0 saturated carbocycles.